The molecule has 1 aromatic rings. The van der Waals surface area contributed by atoms with Crippen LogP contribution in [0.25, 0.3) is 0 Å². The zero-order chi connectivity index (χ0) is 13.5. The molecule has 100 valence electrons. The Morgan fingerprint density at radius 1 is 1.28 bits per heavy atom. The number of aliphatic hydroxyl groups is 1. The van der Waals surface area contributed by atoms with E-state index in [4.69, 9.17) is 10.8 Å². The summed E-state index contributed by atoms with van der Waals surface area (Å²) in [6.45, 7) is 5.25. The van der Waals surface area contributed by atoms with Crippen molar-refractivity contribution < 1.29 is 9.90 Å². The average molecular weight is 251 g/mol. The third kappa shape index (κ3) is 3.13. The lowest BCUT2D eigenvalue weighted by Gasteiger charge is -2.29. The zero-order valence-electron chi connectivity index (χ0n) is 11.0. The Hall–Kier alpha value is -1.75. The zero-order valence-corrected chi connectivity index (χ0v) is 11.0. The molecule has 5 heteroatoms. The van der Waals surface area contributed by atoms with Gasteiger partial charge in [-0.05, 0) is 26.0 Å². The molecule has 0 aromatic heterocycles. The first-order valence-corrected chi connectivity index (χ1v) is 6.17. The first-order chi connectivity index (χ1) is 8.65. The predicted octanol–water partition coefficient (Wildman–Crippen LogP) is 1.53. The maximum absolute atomic E-state index is 12.3. The van der Waals surface area contributed by atoms with Crippen molar-refractivity contribution >= 4 is 17.4 Å². The predicted molar refractivity (Wildman–Crippen MR) is 73.6 cm³/mol. The molecular weight excluding hydrogens is 230 g/mol. The lowest BCUT2D eigenvalue weighted by molar-refractivity contribution is 0.207. The van der Waals surface area contributed by atoms with Gasteiger partial charge in [0.15, 0.2) is 0 Å². The van der Waals surface area contributed by atoms with Crippen LogP contribution in [0.5, 0.6) is 0 Å². The summed E-state index contributed by atoms with van der Waals surface area (Å²) in [5.74, 6) is 0. The third-order valence-corrected chi connectivity index (χ3v) is 2.82. The highest BCUT2D eigenvalue weighted by Gasteiger charge is 2.21. The molecule has 0 atom stereocenters. The van der Waals surface area contributed by atoms with Crippen LogP contribution in [-0.4, -0.2) is 42.3 Å². The number of aliphatic hydroxyl groups excluding tert-OH is 1. The Balaban J connectivity index is 3.02. The smallest absolute Gasteiger partial charge is 0.324 e. The molecule has 0 heterocycles. The molecule has 0 saturated heterocycles. The maximum Gasteiger partial charge on any atom is 0.324 e. The Bertz CT molecular complexity index is 392. The van der Waals surface area contributed by atoms with E-state index in [2.05, 4.69) is 0 Å². The number of carbonyl (C=O) groups excluding carboxylic acids is 1. The Kier molecular flexibility index (Phi) is 5.45. The number of hydrogen-bond donors (Lipinski definition) is 2. The van der Waals surface area contributed by atoms with E-state index in [0.717, 1.165) is 0 Å². The topological polar surface area (TPSA) is 69.8 Å². The average Bonchev–Trinajstić information content (AvgIpc) is 2.38. The van der Waals surface area contributed by atoms with Gasteiger partial charge in [0.1, 0.15) is 0 Å². The first kappa shape index (κ1) is 14.3. The van der Waals surface area contributed by atoms with Crippen molar-refractivity contribution in [1.29, 1.82) is 0 Å². The summed E-state index contributed by atoms with van der Waals surface area (Å²) in [5, 5.41) is 9.11. The van der Waals surface area contributed by atoms with Gasteiger partial charge in [-0.15, -0.1) is 0 Å². The number of para-hydroxylation sites is 2. The number of nitrogen functional groups attached to an aromatic ring is 1. The number of amides is 2. The molecule has 0 saturated carbocycles. The second-order valence-corrected chi connectivity index (χ2v) is 3.89. The van der Waals surface area contributed by atoms with Gasteiger partial charge in [0.05, 0.1) is 24.5 Å². The van der Waals surface area contributed by atoms with Crippen molar-refractivity contribution in [2.24, 2.45) is 0 Å². The fraction of sp³-hybridized carbons (Fsp3) is 0.462. The van der Waals surface area contributed by atoms with Gasteiger partial charge in [-0.1, -0.05) is 12.1 Å². The molecule has 18 heavy (non-hydrogen) atoms. The molecule has 0 bridgehead atoms. The quantitative estimate of drug-likeness (QED) is 0.780. The summed E-state index contributed by atoms with van der Waals surface area (Å²) >= 11 is 0. The van der Waals surface area contributed by atoms with Crippen LogP contribution in [0.4, 0.5) is 16.2 Å². The lowest BCUT2D eigenvalue weighted by atomic mass is 10.2. The van der Waals surface area contributed by atoms with Crippen LogP contribution in [-0.2, 0) is 0 Å². The molecule has 2 amide bonds. The summed E-state index contributed by atoms with van der Waals surface area (Å²) in [6.07, 6.45) is 0. The third-order valence-electron chi connectivity index (χ3n) is 2.82. The van der Waals surface area contributed by atoms with Gasteiger partial charge in [0.25, 0.3) is 0 Å². The molecule has 3 N–H and O–H groups in total. The monoisotopic (exact) mass is 251 g/mol. The SMILES string of the molecule is CCN(CC)C(=O)N(CCO)c1ccccc1N. The van der Waals surface area contributed by atoms with Crippen molar-refractivity contribution in [3.05, 3.63) is 24.3 Å². The molecule has 0 aliphatic heterocycles. The van der Waals surface area contributed by atoms with Gasteiger partial charge < -0.3 is 15.7 Å². The molecule has 0 spiro atoms. The van der Waals surface area contributed by atoms with E-state index in [1.54, 1.807) is 17.0 Å². The van der Waals surface area contributed by atoms with Crippen molar-refractivity contribution in [2.45, 2.75) is 13.8 Å². The van der Waals surface area contributed by atoms with E-state index in [1.807, 2.05) is 26.0 Å². The fourth-order valence-corrected chi connectivity index (χ4v) is 1.82. The van der Waals surface area contributed by atoms with Gasteiger partial charge in [-0.3, -0.25) is 4.90 Å². The molecule has 0 aliphatic rings. The van der Waals surface area contributed by atoms with Crippen LogP contribution in [0, 0.1) is 0 Å². The summed E-state index contributed by atoms with van der Waals surface area (Å²) in [5.41, 5.74) is 7.05. The molecule has 0 radical (unpaired) electrons. The van der Waals surface area contributed by atoms with E-state index >= 15 is 0 Å². The standard InChI is InChI=1S/C13H21N3O2/c1-3-15(4-2)13(18)16(9-10-17)12-8-6-5-7-11(12)14/h5-8,17H,3-4,9-10,14H2,1-2H3. The van der Waals surface area contributed by atoms with E-state index in [0.29, 0.717) is 24.5 Å². The van der Waals surface area contributed by atoms with Crippen molar-refractivity contribution in [2.75, 3.05) is 36.9 Å². The molecule has 5 nitrogen and oxygen atoms in total. The fourth-order valence-electron chi connectivity index (χ4n) is 1.82. The minimum absolute atomic E-state index is 0.0959. The number of hydrogen-bond acceptors (Lipinski definition) is 3. The van der Waals surface area contributed by atoms with Gasteiger partial charge in [-0.2, -0.15) is 0 Å². The minimum atomic E-state index is -0.132. The molecule has 1 aromatic carbocycles. The van der Waals surface area contributed by atoms with Crippen LogP contribution >= 0.6 is 0 Å². The molecule has 0 unspecified atom stereocenters. The van der Waals surface area contributed by atoms with Crippen LogP contribution in [0.2, 0.25) is 0 Å². The summed E-state index contributed by atoms with van der Waals surface area (Å²) in [7, 11) is 0. The van der Waals surface area contributed by atoms with Crippen LogP contribution < -0.4 is 10.6 Å². The number of urea groups is 1. The summed E-state index contributed by atoms with van der Waals surface area (Å²) in [4.78, 5) is 15.5. The summed E-state index contributed by atoms with van der Waals surface area (Å²) < 4.78 is 0. The summed E-state index contributed by atoms with van der Waals surface area (Å²) in [6, 6.07) is 7.04. The van der Waals surface area contributed by atoms with E-state index in [-0.39, 0.29) is 19.2 Å². The molecule has 1 rings (SSSR count). The number of anilines is 2. The van der Waals surface area contributed by atoms with E-state index in [1.165, 1.54) is 4.90 Å². The van der Waals surface area contributed by atoms with Crippen molar-refractivity contribution in [3.63, 3.8) is 0 Å². The van der Waals surface area contributed by atoms with Gasteiger partial charge in [0.2, 0.25) is 0 Å². The molecular formula is C13H21N3O2. The normalized spacial score (nSPS) is 10.2. The van der Waals surface area contributed by atoms with E-state index in [9.17, 15) is 4.79 Å². The maximum atomic E-state index is 12.3. The second-order valence-electron chi connectivity index (χ2n) is 3.89. The Labute approximate surface area is 108 Å². The first-order valence-electron chi connectivity index (χ1n) is 6.17. The Morgan fingerprint density at radius 2 is 1.89 bits per heavy atom. The molecule has 0 aliphatic carbocycles. The number of rotatable bonds is 5. The van der Waals surface area contributed by atoms with Gasteiger partial charge in [-0.25, -0.2) is 4.79 Å². The van der Waals surface area contributed by atoms with Crippen LogP contribution in [0.3, 0.4) is 0 Å². The highest BCUT2D eigenvalue weighted by atomic mass is 16.3. The number of carbonyl (C=O) groups is 1. The Morgan fingerprint density at radius 3 is 2.39 bits per heavy atom. The van der Waals surface area contributed by atoms with E-state index < -0.39 is 0 Å². The highest BCUT2D eigenvalue weighted by molar-refractivity contribution is 5.95. The second kappa shape index (κ2) is 6.86. The van der Waals surface area contributed by atoms with Crippen molar-refractivity contribution in [1.82, 2.24) is 4.90 Å². The van der Waals surface area contributed by atoms with Crippen LogP contribution in [0.1, 0.15) is 13.8 Å². The van der Waals surface area contributed by atoms with Gasteiger partial charge >= 0.3 is 6.03 Å². The largest absolute Gasteiger partial charge is 0.397 e. The van der Waals surface area contributed by atoms with Crippen LogP contribution in [0.15, 0.2) is 24.3 Å². The minimum Gasteiger partial charge on any atom is -0.397 e. The van der Waals surface area contributed by atoms with Gasteiger partial charge in [0, 0.05) is 13.1 Å². The molecule has 0 fully saturated rings. The highest BCUT2D eigenvalue weighted by Crippen LogP contribution is 2.23. The van der Waals surface area contributed by atoms with Crippen molar-refractivity contribution in [3.8, 4) is 0 Å². The lowest BCUT2D eigenvalue weighted by Crippen LogP contribution is -2.44. The number of nitrogens with two attached hydrogens (primary N) is 1. The number of benzene rings is 1. The number of nitrogens with zero attached hydrogens (tertiary/aromatic N) is 2.